The Kier molecular flexibility index (Phi) is 6.09. The molecule has 0 radical (unpaired) electrons. The highest BCUT2D eigenvalue weighted by atomic mass is 19.1. The Morgan fingerprint density at radius 1 is 1.22 bits per heavy atom. The summed E-state index contributed by atoms with van der Waals surface area (Å²) in [6, 6.07) is 3.47. The first-order valence-corrected chi connectivity index (χ1v) is 8.15. The molecule has 144 valence electrons. The molecule has 0 aliphatic carbocycles. The van der Waals surface area contributed by atoms with E-state index in [4.69, 9.17) is 15.2 Å². The van der Waals surface area contributed by atoms with Crippen LogP contribution in [0.2, 0.25) is 0 Å². The number of hydrogen-bond acceptors (Lipinski definition) is 5. The van der Waals surface area contributed by atoms with Crippen LogP contribution in [0.15, 0.2) is 36.2 Å². The number of benzene rings is 1. The summed E-state index contributed by atoms with van der Waals surface area (Å²) in [4.78, 5) is 19.0. The van der Waals surface area contributed by atoms with Crippen molar-refractivity contribution in [2.45, 2.75) is 33.3 Å². The van der Waals surface area contributed by atoms with Gasteiger partial charge in [0, 0.05) is 17.3 Å². The van der Waals surface area contributed by atoms with Crippen LogP contribution >= 0.6 is 0 Å². The van der Waals surface area contributed by atoms with E-state index in [1.54, 1.807) is 39.8 Å². The number of carbonyl (C=O) groups is 1. The van der Waals surface area contributed by atoms with Gasteiger partial charge in [0.15, 0.2) is 17.2 Å². The SMILES string of the molecule is CC(C)=CC(C)(COc1cc(F)c(-c2cc(C)ncn2)cc1F)OC(N)=O. The minimum absolute atomic E-state index is 0.00852. The Balaban J connectivity index is 2.28. The van der Waals surface area contributed by atoms with Crippen LogP contribution < -0.4 is 10.5 Å². The van der Waals surface area contributed by atoms with Crippen molar-refractivity contribution in [2.75, 3.05) is 6.61 Å². The summed E-state index contributed by atoms with van der Waals surface area (Å²) in [5.74, 6) is -1.80. The van der Waals surface area contributed by atoms with Gasteiger partial charge in [0.1, 0.15) is 18.8 Å². The van der Waals surface area contributed by atoms with Crippen molar-refractivity contribution < 1.29 is 23.0 Å². The topological polar surface area (TPSA) is 87.3 Å². The number of aryl methyl sites for hydroxylation is 1. The van der Waals surface area contributed by atoms with Crippen molar-refractivity contribution in [1.82, 2.24) is 9.97 Å². The molecule has 0 bridgehead atoms. The summed E-state index contributed by atoms with van der Waals surface area (Å²) in [7, 11) is 0. The lowest BCUT2D eigenvalue weighted by molar-refractivity contribution is 0.0287. The molecule has 27 heavy (non-hydrogen) atoms. The van der Waals surface area contributed by atoms with Gasteiger partial charge in [0.05, 0.1) is 5.69 Å². The number of ether oxygens (including phenoxy) is 2. The van der Waals surface area contributed by atoms with Crippen LogP contribution in [0.1, 0.15) is 26.5 Å². The molecule has 6 nitrogen and oxygen atoms in total. The van der Waals surface area contributed by atoms with Gasteiger partial charge in [-0.3, -0.25) is 0 Å². The second kappa shape index (κ2) is 8.11. The molecule has 2 rings (SSSR count). The summed E-state index contributed by atoms with van der Waals surface area (Å²) >= 11 is 0. The lowest BCUT2D eigenvalue weighted by Gasteiger charge is -2.26. The molecular formula is C19H21F2N3O3. The first-order valence-electron chi connectivity index (χ1n) is 8.15. The minimum Gasteiger partial charge on any atom is -0.486 e. The number of halogens is 2. The van der Waals surface area contributed by atoms with E-state index in [9.17, 15) is 13.6 Å². The number of nitrogens with two attached hydrogens (primary N) is 1. The highest BCUT2D eigenvalue weighted by Gasteiger charge is 2.27. The van der Waals surface area contributed by atoms with E-state index in [-0.39, 0.29) is 23.6 Å². The fourth-order valence-electron chi connectivity index (χ4n) is 2.60. The zero-order chi connectivity index (χ0) is 20.2. The van der Waals surface area contributed by atoms with Crippen LogP contribution in [0.4, 0.5) is 13.6 Å². The highest BCUT2D eigenvalue weighted by molar-refractivity contribution is 5.65. The number of aromatic nitrogens is 2. The zero-order valence-corrected chi connectivity index (χ0v) is 15.5. The van der Waals surface area contributed by atoms with E-state index in [0.29, 0.717) is 5.69 Å². The monoisotopic (exact) mass is 377 g/mol. The average Bonchev–Trinajstić information content (AvgIpc) is 2.53. The molecule has 8 heteroatoms. The van der Waals surface area contributed by atoms with Crippen molar-refractivity contribution in [3.63, 3.8) is 0 Å². The van der Waals surface area contributed by atoms with Crippen molar-refractivity contribution in [3.05, 3.63) is 53.5 Å². The third-order valence-electron chi connectivity index (χ3n) is 3.54. The molecule has 1 aromatic heterocycles. The first-order chi connectivity index (χ1) is 12.6. The summed E-state index contributed by atoms with van der Waals surface area (Å²) < 4.78 is 39.3. The van der Waals surface area contributed by atoms with Gasteiger partial charge >= 0.3 is 6.09 Å². The molecule has 1 unspecified atom stereocenters. The number of hydrogen-bond donors (Lipinski definition) is 1. The van der Waals surface area contributed by atoms with Crippen molar-refractivity contribution in [2.24, 2.45) is 5.73 Å². The number of amides is 1. The van der Waals surface area contributed by atoms with Crippen molar-refractivity contribution >= 4 is 6.09 Å². The lowest BCUT2D eigenvalue weighted by atomic mass is 10.0. The molecular weight excluding hydrogens is 356 g/mol. The smallest absolute Gasteiger partial charge is 0.405 e. The largest absolute Gasteiger partial charge is 0.486 e. The van der Waals surface area contributed by atoms with Crippen LogP contribution in [0.5, 0.6) is 5.75 Å². The fourth-order valence-corrected chi connectivity index (χ4v) is 2.60. The Bertz CT molecular complexity index is 882. The standard InChI is InChI=1S/C19H21F2N3O3/c1-11(2)8-19(4,27-18(22)25)9-26-17-7-14(20)13(6-15(17)21)16-5-12(3)23-10-24-16/h5-8,10H,9H2,1-4H3,(H2,22,25). The van der Waals surface area contributed by atoms with Crippen LogP contribution in [0.3, 0.4) is 0 Å². The van der Waals surface area contributed by atoms with Crippen LogP contribution in [-0.4, -0.2) is 28.3 Å². The van der Waals surface area contributed by atoms with Crippen LogP contribution in [-0.2, 0) is 4.74 Å². The van der Waals surface area contributed by atoms with Gasteiger partial charge < -0.3 is 15.2 Å². The molecule has 0 spiro atoms. The van der Waals surface area contributed by atoms with Crippen LogP contribution in [0, 0.1) is 18.6 Å². The van der Waals surface area contributed by atoms with Gasteiger partial charge in [-0.15, -0.1) is 0 Å². The zero-order valence-electron chi connectivity index (χ0n) is 15.5. The number of rotatable bonds is 6. The molecule has 0 aliphatic rings. The molecule has 1 amide bonds. The van der Waals surface area contributed by atoms with Crippen molar-refractivity contribution in [1.29, 1.82) is 0 Å². The van der Waals surface area contributed by atoms with E-state index >= 15 is 0 Å². The Morgan fingerprint density at radius 2 is 1.93 bits per heavy atom. The summed E-state index contributed by atoms with van der Waals surface area (Å²) in [5, 5.41) is 0. The van der Waals surface area contributed by atoms with Gasteiger partial charge in [0.2, 0.25) is 0 Å². The summed E-state index contributed by atoms with van der Waals surface area (Å²) in [6.45, 7) is 6.61. The van der Waals surface area contributed by atoms with Gasteiger partial charge in [0.25, 0.3) is 0 Å². The average molecular weight is 377 g/mol. The molecule has 0 aliphatic heterocycles. The maximum Gasteiger partial charge on any atom is 0.405 e. The third kappa shape index (κ3) is 5.47. The number of nitrogens with zero attached hydrogens (tertiary/aromatic N) is 2. The predicted molar refractivity (Wildman–Crippen MR) is 96.1 cm³/mol. The quantitative estimate of drug-likeness (QED) is 0.771. The van der Waals surface area contributed by atoms with E-state index in [1.807, 2.05) is 0 Å². The molecule has 1 aromatic carbocycles. The number of allylic oxidation sites excluding steroid dienone is 1. The molecule has 0 saturated heterocycles. The highest BCUT2D eigenvalue weighted by Crippen LogP contribution is 2.29. The third-order valence-corrected chi connectivity index (χ3v) is 3.54. The second-order valence-electron chi connectivity index (χ2n) is 6.55. The molecule has 2 aromatic rings. The normalized spacial score (nSPS) is 12.8. The predicted octanol–water partition coefficient (Wildman–Crippen LogP) is 3.93. The maximum atomic E-state index is 14.5. The molecule has 2 N–H and O–H groups in total. The molecule has 0 saturated carbocycles. The van der Waals surface area contributed by atoms with E-state index in [1.165, 1.54) is 6.33 Å². The lowest BCUT2D eigenvalue weighted by Crippen LogP contribution is -2.38. The van der Waals surface area contributed by atoms with Gasteiger partial charge in [-0.05, 0) is 45.9 Å². The number of primary amides is 1. The van der Waals surface area contributed by atoms with Crippen molar-refractivity contribution in [3.8, 4) is 17.0 Å². The first kappa shape index (κ1) is 20.3. The fraction of sp³-hybridized carbons (Fsp3) is 0.316. The summed E-state index contributed by atoms with van der Waals surface area (Å²) in [5.41, 5.74) is 5.57. The minimum atomic E-state index is -1.23. The maximum absolute atomic E-state index is 14.5. The molecule has 1 atom stereocenters. The Hall–Kier alpha value is -3.03. The van der Waals surface area contributed by atoms with E-state index in [2.05, 4.69) is 9.97 Å². The number of carbonyl (C=O) groups excluding carboxylic acids is 1. The molecule has 0 fully saturated rings. The Labute approximate surface area is 156 Å². The van der Waals surface area contributed by atoms with Gasteiger partial charge in [-0.1, -0.05) is 5.57 Å². The van der Waals surface area contributed by atoms with Gasteiger partial charge in [-0.25, -0.2) is 23.5 Å². The Morgan fingerprint density at radius 3 is 2.52 bits per heavy atom. The second-order valence-corrected chi connectivity index (χ2v) is 6.55. The van der Waals surface area contributed by atoms with E-state index < -0.39 is 23.3 Å². The van der Waals surface area contributed by atoms with Gasteiger partial charge in [-0.2, -0.15) is 0 Å². The molecule has 1 heterocycles. The summed E-state index contributed by atoms with van der Waals surface area (Å²) in [6.07, 6.45) is 1.89. The van der Waals surface area contributed by atoms with E-state index in [0.717, 1.165) is 17.7 Å². The van der Waals surface area contributed by atoms with Crippen LogP contribution in [0.25, 0.3) is 11.3 Å².